The van der Waals surface area contributed by atoms with Crippen molar-refractivity contribution in [3.05, 3.63) is 30.1 Å². The first-order valence-electron chi connectivity index (χ1n) is 5.51. The van der Waals surface area contributed by atoms with Crippen LogP contribution in [0.2, 0.25) is 0 Å². The summed E-state index contributed by atoms with van der Waals surface area (Å²) in [6.07, 6.45) is 6.21. The molecule has 0 aliphatic carbocycles. The lowest BCUT2D eigenvalue weighted by molar-refractivity contribution is -0.0380. The zero-order chi connectivity index (χ0) is 10.5. The molecule has 3 heteroatoms. The number of aryl methyl sites for hydroxylation is 1. The molecule has 1 saturated heterocycles. The first-order chi connectivity index (χ1) is 7.36. The molecule has 0 saturated carbocycles. The van der Waals surface area contributed by atoms with E-state index in [0.717, 1.165) is 19.3 Å². The molecule has 0 spiro atoms. The minimum absolute atomic E-state index is 0.185. The van der Waals surface area contributed by atoms with Gasteiger partial charge in [0.15, 0.2) is 0 Å². The maximum Gasteiger partial charge on any atom is 0.0612 e. The van der Waals surface area contributed by atoms with Gasteiger partial charge in [0.2, 0.25) is 0 Å². The molecule has 15 heavy (non-hydrogen) atoms. The van der Waals surface area contributed by atoms with Crippen LogP contribution in [0.1, 0.15) is 18.4 Å². The van der Waals surface area contributed by atoms with E-state index in [-0.39, 0.29) is 6.10 Å². The van der Waals surface area contributed by atoms with Gasteiger partial charge in [-0.3, -0.25) is 4.98 Å². The molecule has 1 aliphatic rings. The molecular weight excluding hydrogens is 190 g/mol. The summed E-state index contributed by atoms with van der Waals surface area (Å²) in [7, 11) is 0. The molecule has 82 valence electrons. The van der Waals surface area contributed by atoms with Crippen molar-refractivity contribution in [1.29, 1.82) is 0 Å². The molecule has 1 aromatic rings. The standard InChI is InChI=1S/C12H17NO2/c14-12-5-7-15-9-11(12)4-3-10-2-1-6-13-8-10/h1-2,6,8,11-12,14H,3-5,7,9H2. The molecule has 1 N–H and O–H groups in total. The highest BCUT2D eigenvalue weighted by atomic mass is 16.5. The Hall–Kier alpha value is -0.930. The maximum atomic E-state index is 9.75. The number of hydrogen-bond donors (Lipinski definition) is 1. The fraction of sp³-hybridized carbons (Fsp3) is 0.583. The first kappa shape index (κ1) is 10.6. The van der Waals surface area contributed by atoms with Crippen molar-refractivity contribution in [1.82, 2.24) is 4.98 Å². The van der Waals surface area contributed by atoms with E-state index < -0.39 is 0 Å². The summed E-state index contributed by atoms with van der Waals surface area (Å²) in [4.78, 5) is 4.07. The van der Waals surface area contributed by atoms with Gasteiger partial charge in [0.05, 0.1) is 12.7 Å². The summed E-state index contributed by atoms with van der Waals surface area (Å²) in [5.41, 5.74) is 1.23. The lowest BCUT2D eigenvalue weighted by Gasteiger charge is -2.27. The summed E-state index contributed by atoms with van der Waals surface area (Å²) < 4.78 is 5.37. The number of pyridine rings is 1. The van der Waals surface area contributed by atoms with Crippen LogP contribution in [0.4, 0.5) is 0 Å². The lowest BCUT2D eigenvalue weighted by atomic mass is 9.92. The summed E-state index contributed by atoms with van der Waals surface area (Å²) in [6.45, 7) is 1.39. The summed E-state index contributed by atoms with van der Waals surface area (Å²) in [5.74, 6) is 0.291. The molecule has 2 heterocycles. The van der Waals surface area contributed by atoms with Crippen molar-refractivity contribution in [2.24, 2.45) is 5.92 Å². The SMILES string of the molecule is OC1CCOCC1CCc1cccnc1. The number of ether oxygens (including phenoxy) is 1. The van der Waals surface area contributed by atoms with Gasteiger partial charge in [0.25, 0.3) is 0 Å². The maximum absolute atomic E-state index is 9.75. The van der Waals surface area contributed by atoms with Crippen molar-refractivity contribution in [2.45, 2.75) is 25.4 Å². The van der Waals surface area contributed by atoms with Crippen LogP contribution < -0.4 is 0 Å². The molecular formula is C12H17NO2. The Bertz CT molecular complexity index is 289. The van der Waals surface area contributed by atoms with Crippen LogP contribution in [0, 0.1) is 5.92 Å². The molecule has 2 rings (SSSR count). The topological polar surface area (TPSA) is 42.4 Å². The number of nitrogens with zero attached hydrogens (tertiary/aromatic N) is 1. The molecule has 0 amide bonds. The second-order valence-corrected chi connectivity index (χ2v) is 4.09. The van der Waals surface area contributed by atoms with Gasteiger partial charge in [-0.2, -0.15) is 0 Å². The van der Waals surface area contributed by atoms with Crippen LogP contribution in [0.3, 0.4) is 0 Å². The Labute approximate surface area is 90.1 Å². The van der Waals surface area contributed by atoms with E-state index in [4.69, 9.17) is 4.74 Å². The Morgan fingerprint density at radius 2 is 2.47 bits per heavy atom. The van der Waals surface area contributed by atoms with E-state index in [1.807, 2.05) is 12.3 Å². The molecule has 2 unspecified atom stereocenters. The smallest absolute Gasteiger partial charge is 0.0612 e. The second-order valence-electron chi connectivity index (χ2n) is 4.09. The van der Waals surface area contributed by atoms with Gasteiger partial charge in [0.1, 0.15) is 0 Å². The van der Waals surface area contributed by atoms with Crippen molar-refractivity contribution in [3.63, 3.8) is 0 Å². The highest BCUT2D eigenvalue weighted by molar-refractivity contribution is 5.08. The lowest BCUT2D eigenvalue weighted by Crippen LogP contribution is -2.32. The van der Waals surface area contributed by atoms with E-state index in [1.165, 1.54) is 5.56 Å². The third kappa shape index (κ3) is 3.01. The molecule has 3 nitrogen and oxygen atoms in total. The van der Waals surface area contributed by atoms with E-state index in [0.29, 0.717) is 19.1 Å². The monoisotopic (exact) mass is 207 g/mol. The van der Waals surface area contributed by atoms with Crippen LogP contribution >= 0.6 is 0 Å². The fourth-order valence-electron chi connectivity index (χ4n) is 1.96. The molecule has 2 atom stereocenters. The van der Waals surface area contributed by atoms with Gasteiger partial charge in [-0.1, -0.05) is 6.07 Å². The highest BCUT2D eigenvalue weighted by Crippen LogP contribution is 2.19. The number of aliphatic hydroxyl groups is 1. The average molecular weight is 207 g/mol. The third-order valence-electron chi connectivity index (χ3n) is 2.96. The van der Waals surface area contributed by atoms with E-state index >= 15 is 0 Å². The zero-order valence-corrected chi connectivity index (χ0v) is 8.80. The van der Waals surface area contributed by atoms with Gasteiger partial charge in [-0.05, 0) is 30.9 Å². The van der Waals surface area contributed by atoms with Crippen molar-refractivity contribution >= 4 is 0 Å². The van der Waals surface area contributed by atoms with Gasteiger partial charge in [0, 0.05) is 24.9 Å². The average Bonchev–Trinajstić information content (AvgIpc) is 2.29. The molecule has 1 fully saturated rings. The number of aromatic nitrogens is 1. The van der Waals surface area contributed by atoms with Gasteiger partial charge >= 0.3 is 0 Å². The van der Waals surface area contributed by atoms with Crippen LogP contribution in [-0.4, -0.2) is 29.4 Å². The zero-order valence-electron chi connectivity index (χ0n) is 8.80. The Balaban J connectivity index is 1.82. The quantitative estimate of drug-likeness (QED) is 0.815. The predicted molar refractivity (Wildman–Crippen MR) is 57.5 cm³/mol. The predicted octanol–water partition coefficient (Wildman–Crippen LogP) is 1.41. The fourth-order valence-corrected chi connectivity index (χ4v) is 1.96. The number of aliphatic hydroxyl groups excluding tert-OH is 1. The van der Waals surface area contributed by atoms with Crippen LogP contribution in [0.25, 0.3) is 0 Å². The van der Waals surface area contributed by atoms with Gasteiger partial charge in [-0.25, -0.2) is 0 Å². The van der Waals surface area contributed by atoms with E-state index in [2.05, 4.69) is 11.1 Å². The number of rotatable bonds is 3. The van der Waals surface area contributed by atoms with Crippen LogP contribution in [-0.2, 0) is 11.2 Å². The normalized spacial score (nSPS) is 26.5. The van der Waals surface area contributed by atoms with Crippen LogP contribution in [0.15, 0.2) is 24.5 Å². The van der Waals surface area contributed by atoms with E-state index in [1.54, 1.807) is 6.20 Å². The van der Waals surface area contributed by atoms with Gasteiger partial charge < -0.3 is 9.84 Å². The molecule has 0 radical (unpaired) electrons. The molecule has 0 aromatic carbocycles. The molecule has 1 aromatic heterocycles. The Kier molecular flexibility index (Phi) is 3.69. The van der Waals surface area contributed by atoms with Crippen molar-refractivity contribution in [3.8, 4) is 0 Å². The summed E-state index contributed by atoms with van der Waals surface area (Å²) >= 11 is 0. The number of hydrogen-bond acceptors (Lipinski definition) is 3. The van der Waals surface area contributed by atoms with Gasteiger partial charge in [-0.15, -0.1) is 0 Å². The van der Waals surface area contributed by atoms with Crippen molar-refractivity contribution < 1.29 is 9.84 Å². The second kappa shape index (κ2) is 5.24. The van der Waals surface area contributed by atoms with Crippen LogP contribution in [0.5, 0.6) is 0 Å². The minimum atomic E-state index is -0.185. The minimum Gasteiger partial charge on any atom is -0.393 e. The third-order valence-corrected chi connectivity index (χ3v) is 2.96. The Morgan fingerprint density at radius 1 is 1.53 bits per heavy atom. The summed E-state index contributed by atoms with van der Waals surface area (Å²) in [5, 5.41) is 9.75. The summed E-state index contributed by atoms with van der Waals surface area (Å²) in [6, 6.07) is 4.02. The van der Waals surface area contributed by atoms with E-state index in [9.17, 15) is 5.11 Å². The molecule has 1 aliphatic heterocycles. The van der Waals surface area contributed by atoms with Crippen molar-refractivity contribution in [2.75, 3.05) is 13.2 Å². The first-order valence-corrected chi connectivity index (χ1v) is 5.51. The highest BCUT2D eigenvalue weighted by Gasteiger charge is 2.23. The molecule has 0 bridgehead atoms. The largest absolute Gasteiger partial charge is 0.393 e. The Morgan fingerprint density at radius 3 is 3.20 bits per heavy atom.